The highest BCUT2D eigenvalue weighted by molar-refractivity contribution is 6.07. The van der Waals surface area contributed by atoms with Crippen LogP contribution >= 0.6 is 0 Å². The van der Waals surface area contributed by atoms with E-state index < -0.39 is 41.4 Å². The number of amides is 4. The third-order valence-corrected chi connectivity index (χ3v) is 8.90. The summed E-state index contributed by atoms with van der Waals surface area (Å²) in [6, 6.07) is 12.7. The van der Waals surface area contributed by atoms with Crippen LogP contribution in [0, 0.1) is 22.6 Å². The summed E-state index contributed by atoms with van der Waals surface area (Å²) in [5, 5.41) is 13.0. The molecule has 2 saturated heterocycles. The lowest BCUT2D eigenvalue weighted by atomic mass is 9.80. The van der Waals surface area contributed by atoms with Crippen molar-refractivity contribution in [1.82, 2.24) is 14.7 Å². The lowest BCUT2D eigenvalue weighted by molar-refractivity contribution is -0.148. The standard InChI is InChI=1S/C33H38FN5O5/c1-32(2,3)18-27(29(41)39-20-33(17-23(39)19-35)24-7-5-6-8-25(24)36-30(33)42)37(4)28(40)26(38-15-16-44-31(38)43)14-11-21-9-12-22(34)13-10-21/h5-10,12-13,23,26-27H,11,14-18,20H2,1-4H3,(H,36,42)/t23-,26-,27-,33-/m0/s1. The number of likely N-dealkylation sites (tertiary alicyclic amines) is 1. The van der Waals surface area contributed by atoms with E-state index in [0.717, 1.165) is 11.1 Å². The fourth-order valence-corrected chi connectivity index (χ4v) is 6.59. The predicted molar refractivity (Wildman–Crippen MR) is 160 cm³/mol. The number of aryl methyl sites for hydroxylation is 1. The van der Waals surface area contributed by atoms with Crippen LogP contribution in [-0.4, -0.2) is 83.4 Å². The first-order valence-electron chi connectivity index (χ1n) is 14.9. The zero-order valence-electron chi connectivity index (χ0n) is 25.5. The van der Waals surface area contributed by atoms with Gasteiger partial charge in [-0.15, -0.1) is 0 Å². The number of hydrogen-bond acceptors (Lipinski definition) is 6. The van der Waals surface area contributed by atoms with E-state index in [0.29, 0.717) is 12.1 Å². The van der Waals surface area contributed by atoms with E-state index >= 15 is 0 Å². The van der Waals surface area contributed by atoms with Crippen LogP contribution in [-0.2, 0) is 31.0 Å². The first-order chi connectivity index (χ1) is 20.8. The number of anilines is 1. The Balaban J connectivity index is 1.43. The van der Waals surface area contributed by atoms with Gasteiger partial charge in [0.2, 0.25) is 17.7 Å². The second-order valence-electron chi connectivity index (χ2n) is 13.1. The van der Waals surface area contributed by atoms with E-state index in [1.54, 1.807) is 25.2 Å². The number of hydrogen-bond donors (Lipinski definition) is 1. The highest BCUT2D eigenvalue weighted by Crippen LogP contribution is 2.46. The molecule has 5 rings (SSSR count). The maximum Gasteiger partial charge on any atom is 0.410 e. The molecule has 44 heavy (non-hydrogen) atoms. The first-order valence-corrected chi connectivity index (χ1v) is 14.9. The van der Waals surface area contributed by atoms with E-state index in [1.165, 1.54) is 26.8 Å². The van der Waals surface area contributed by atoms with Crippen molar-refractivity contribution in [1.29, 1.82) is 5.26 Å². The zero-order chi connectivity index (χ0) is 31.8. The molecule has 4 amide bonds. The van der Waals surface area contributed by atoms with Crippen LogP contribution in [0.15, 0.2) is 48.5 Å². The molecule has 0 aromatic heterocycles. The summed E-state index contributed by atoms with van der Waals surface area (Å²) in [7, 11) is 1.55. The molecule has 3 heterocycles. The van der Waals surface area contributed by atoms with Gasteiger partial charge < -0.3 is 19.9 Å². The number of nitriles is 1. The normalized spacial score (nSPS) is 22.3. The Kier molecular flexibility index (Phi) is 8.38. The zero-order valence-corrected chi connectivity index (χ0v) is 25.5. The number of cyclic esters (lactones) is 1. The molecule has 232 valence electrons. The van der Waals surface area contributed by atoms with E-state index in [9.17, 15) is 28.8 Å². The molecule has 0 saturated carbocycles. The summed E-state index contributed by atoms with van der Waals surface area (Å²) in [6.07, 6.45) is 0.467. The highest BCUT2D eigenvalue weighted by Gasteiger charge is 2.57. The number of rotatable bonds is 8. The van der Waals surface area contributed by atoms with Crippen molar-refractivity contribution >= 4 is 29.5 Å². The van der Waals surface area contributed by atoms with Gasteiger partial charge in [-0.25, -0.2) is 9.18 Å². The van der Waals surface area contributed by atoms with Crippen molar-refractivity contribution in [2.75, 3.05) is 32.1 Å². The number of ether oxygens (including phenoxy) is 1. The van der Waals surface area contributed by atoms with Gasteiger partial charge in [-0.1, -0.05) is 51.1 Å². The van der Waals surface area contributed by atoms with Gasteiger partial charge in [0.1, 0.15) is 30.5 Å². The summed E-state index contributed by atoms with van der Waals surface area (Å²) >= 11 is 0. The Hall–Kier alpha value is -4.46. The maximum absolute atomic E-state index is 14.4. The molecule has 3 aliphatic heterocycles. The third-order valence-electron chi connectivity index (χ3n) is 8.90. The molecule has 3 aliphatic rings. The molecule has 10 nitrogen and oxygen atoms in total. The Morgan fingerprint density at radius 2 is 1.89 bits per heavy atom. The number of fused-ring (bicyclic) bond motifs is 2. The lowest BCUT2D eigenvalue weighted by Gasteiger charge is -2.38. The number of carbonyl (C=O) groups is 4. The van der Waals surface area contributed by atoms with Crippen molar-refractivity contribution in [3.63, 3.8) is 0 Å². The summed E-state index contributed by atoms with van der Waals surface area (Å²) in [5.74, 6) is -1.47. The number of para-hydroxylation sites is 1. The molecular weight excluding hydrogens is 565 g/mol. The number of likely N-dealkylation sites (N-methyl/N-ethyl adjacent to an activating group) is 1. The van der Waals surface area contributed by atoms with Gasteiger partial charge in [-0.05, 0) is 54.0 Å². The average Bonchev–Trinajstić information content (AvgIpc) is 3.67. The Morgan fingerprint density at radius 1 is 1.18 bits per heavy atom. The van der Waals surface area contributed by atoms with Gasteiger partial charge in [-0.3, -0.25) is 19.3 Å². The molecule has 11 heteroatoms. The van der Waals surface area contributed by atoms with E-state index in [2.05, 4.69) is 11.4 Å². The fraction of sp³-hybridized carbons (Fsp3) is 0.485. The van der Waals surface area contributed by atoms with Crippen LogP contribution < -0.4 is 5.32 Å². The van der Waals surface area contributed by atoms with Crippen molar-refractivity contribution in [3.05, 3.63) is 65.5 Å². The minimum absolute atomic E-state index is 0.0159. The summed E-state index contributed by atoms with van der Waals surface area (Å²) in [5.41, 5.74) is 0.783. The van der Waals surface area contributed by atoms with E-state index in [1.807, 2.05) is 39.0 Å². The Morgan fingerprint density at radius 3 is 2.52 bits per heavy atom. The topological polar surface area (TPSA) is 123 Å². The number of benzene rings is 2. The molecule has 0 unspecified atom stereocenters. The number of nitrogens with zero attached hydrogens (tertiary/aromatic N) is 4. The molecule has 0 aliphatic carbocycles. The van der Waals surface area contributed by atoms with Crippen LogP contribution in [0.2, 0.25) is 0 Å². The Labute approximate surface area is 256 Å². The molecule has 4 atom stereocenters. The third kappa shape index (κ3) is 5.85. The van der Waals surface area contributed by atoms with Crippen LogP contribution in [0.25, 0.3) is 0 Å². The van der Waals surface area contributed by atoms with Crippen molar-refractivity contribution < 1.29 is 28.3 Å². The smallest absolute Gasteiger partial charge is 0.410 e. The fourth-order valence-electron chi connectivity index (χ4n) is 6.59. The maximum atomic E-state index is 14.4. The molecular formula is C33H38FN5O5. The van der Waals surface area contributed by atoms with Gasteiger partial charge in [0.15, 0.2) is 0 Å². The van der Waals surface area contributed by atoms with Gasteiger partial charge in [0.25, 0.3) is 0 Å². The van der Waals surface area contributed by atoms with Gasteiger partial charge >= 0.3 is 6.09 Å². The van der Waals surface area contributed by atoms with Crippen molar-refractivity contribution in [3.8, 4) is 6.07 Å². The predicted octanol–water partition coefficient (Wildman–Crippen LogP) is 3.86. The molecule has 0 radical (unpaired) electrons. The monoisotopic (exact) mass is 603 g/mol. The van der Waals surface area contributed by atoms with E-state index in [-0.39, 0.29) is 56.1 Å². The average molecular weight is 604 g/mol. The first kappa shape index (κ1) is 31.0. The van der Waals surface area contributed by atoms with Crippen LogP contribution in [0.3, 0.4) is 0 Å². The van der Waals surface area contributed by atoms with Crippen molar-refractivity contribution in [2.24, 2.45) is 5.41 Å². The summed E-state index contributed by atoms with van der Waals surface area (Å²) in [6.45, 7) is 6.28. The highest BCUT2D eigenvalue weighted by atomic mass is 19.1. The van der Waals surface area contributed by atoms with Gasteiger partial charge in [0.05, 0.1) is 18.0 Å². The quantitative estimate of drug-likeness (QED) is 0.489. The molecule has 1 spiro atoms. The van der Waals surface area contributed by atoms with Gasteiger partial charge in [-0.2, -0.15) is 5.26 Å². The number of halogens is 1. The second kappa shape index (κ2) is 11.9. The SMILES string of the molecule is CN(C(=O)[C@H](CCc1ccc(F)cc1)N1CCOC1=O)[C@@H](CC(C)(C)C)C(=O)N1C[C@]2(C[C@H]1C#N)C(=O)Nc1ccccc12. The largest absolute Gasteiger partial charge is 0.448 e. The molecule has 2 aromatic rings. The van der Waals surface area contributed by atoms with Crippen molar-refractivity contribution in [2.45, 2.75) is 70.0 Å². The molecule has 2 aromatic carbocycles. The van der Waals surface area contributed by atoms with Gasteiger partial charge in [0, 0.05) is 25.7 Å². The minimum Gasteiger partial charge on any atom is -0.448 e. The lowest BCUT2D eigenvalue weighted by Crippen LogP contribution is -2.57. The molecule has 0 bridgehead atoms. The summed E-state index contributed by atoms with van der Waals surface area (Å²) < 4.78 is 18.6. The number of carbonyl (C=O) groups excluding carboxylic acids is 4. The molecule has 1 N–H and O–H groups in total. The second-order valence-corrected chi connectivity index (χ2v) is 13.1. The van der Waals surface area contributed by atoms with Crippen LogP contribution in [0.4, 0.5) is 14.9 Å². The number of nitrogens with one attached hydrogen (secondary N) is 1. The Bertz CT molecular complexity index is 1500. The van der Waals surface area contributed by atoms with Crippen LogP contribution in [0.1, 0.15) is 51.2 Å². The van der Waals surface area contributed by atoms with E-state index in [4.69, 9.17) is 4.74 Å². The van der Waals surface area contributed by atoms with Crippen LogP contribution in [0.5, 0.6) is 0 Å². The summed E-state index contributed by atoms with van der Waals surface area (Å²) in [4.78, 5) is 58.8. The minimum atomic E-state index is -1.06. The molecule has 2 fully saturated rings.